The molecule has 3 heterocycles. The molecule has 3 aromatic rings. The second-order valence-electron chi connectivity index (χ2n) is 7.05. The number of rotatable bonds is 5. The van der Waals surface area contributed by atoms with Crippen LogP contribution in [-0.4, -0.2) is 33.7 Å². The van der Waals surface area contributed by atoms with Crippen LogP contribution in [0.15, 0.2) is 58.0 Å². The monoisotopic (exact) mass is 436 g/mol. The highest BCUT2D eigenvalue weighted by atomic mass is 32.2. The lowest BCUT2D eigenvalue weighted by Gasteiger charge is -2.12. The predicted molar refractivity (Wildman–Crippen MR) is 117 cm³/mol. The van der Waals surface area contributed by atoms with Gasteiger partial charge in [0.2, 0.25) is 5.76 Å². The second kappa shape index (κ2) is 8.31. The van der Waals surface area contributed by atoms with Gasteiger partial charge in [0.05, 0.1) is 18.6 Å². The molecule has 0 spiro atoms. The first-order valence-corrected chi connectivity index (χ1v) is 10.4. The molecule has 4 rings (SSSR count). The molecule has 1 fully saturated rings. The Morgan fingerprint density at radius 2 is 1.94 bits per heavy atom. The van der Waals surface area contributed by atoms with E-state index in [0.29, 0.717) is 10.7 Å². The van der Waals surface area contributed by atoms with E-state index in [4.69, 9.17) is 4.42 Å². The average Bonchev–Trinajstić information content (AvgIpc) is 3.47. The molecule has 0 N–H and O–H groups in total. The van der Waals surface area contributed by atoms with Crippen molar-refractivity contribution in [2.45, 2.75) is 20.4 Å². The van der Waals surface area contributed by atoms with Crippen LogP contribution >= 0.6 is 11.8 Å². The maximum Gasteiger partial charge on any atom is 0.373 e. The number of carbonyl (C=O) groups excluding carboxylic acids is 3. The predicted octanol–water partition coefficient (Wildman–Crippen LogP) is 4.71. The number of furan rings is 1. The minimum absolute atomic E-state index is 0.0198. The zero-order chi connectivity index (χ0) is 22.1. The first kappa shape index (κ1) is 20.7. The van der Waals surface area contributed by atoms with Crippen LogP contribution in [-0.2, 0) is 16.1 Å². The van der Waals surface area contributed by atoms with Crippen molar-refractivity contribution in [3.05, 3.63) is 81.9 Å². The fraction of sp³-hybridized carbons (Fsp3) is 0.174. The number of aromatic nitrogens is 1. The van der Waals surface area contributed by atoms with Crippen LogP contribution in [0.3, 0.4) is 0 Å². The van der Waals surface area contributed by atoms with E-state index in [2.05, 4.69) is 4.74 Å². The summed E-state index contributed by atoms with van der Waals surface area (Å²) in [6.45, 7) is 4.04. The summed E-state index contributed by atoms with van der Waals surface area (Å²) in [6.07, 6.45) is 3.64. The van der Waals surface area contributed by atoms with Crippen molar-refractivity contribution in [1.82, 2.24) is 9.47 Å². The Balaban J connectivity index is 1.59. The van der Waals surface area contributed by atoms with Crippen LogP contribution in [0.1, 0.15) is 33.1 Å². The number of nitrogens with zero attached hydrogens (tertiary/aromatic N) is 2. The number of benzene rings is 1. The minimum Gasteiger partial charge on any atom is -0.463 e. The summed E-state index contributed by atoms with van der Waals surface area (Å²) >= 11 is 0.880. The van der Waals surface area contributed by atoms with Crippen molar-refractivity contribution >= 4 is 35.0 Å². The number of carbonyl (C=O) groups is 3. The average molecular weight is 436 g/mol. The van der Waals surface area contributed by atoms with Crippen LogP contribution in [0.2, 0.25) is 0 Å². The number of imide groups is 1. The standard InChI is InChI=1S/C23H20N2O5S/c1-14-6-4-8-18(15(14)2)24-11-5-7-16(24)12-20-21(26)25(23(28)31-20)13-17-9-10-19(30-17)22(27)29-3/h4-12H,13H2,1-3H3/b20-12+. The molecule has 0 saturated carbocycles. The molecule has 1 aromatic carbocycles. The Hall–Kier alpha value is -3.52. The summed E-state index contributed by atoms with van der Waals surface area (Å²) in [7, 11) is 1.25. The Kier molecular flexibility index (Phi) is 5.56. The number of thioether (sulfide) groups is 1. The maximum atomic E-state index is 12.9. The highest BCUT2D eigenvalue weighted by molar-refractivity contribution is 8.18. The number of hydrogen-bond acceptors (Lipinski definition) is 6. The summed E-state index contributed by atoms with van der Waals surface area (Å²) < 4.78 is 12.0. The number of ether oxygens (including phenoxy) is 1. The third-order valence-electron chi connectivity index (χ3n) is 5.13. The fourth-order valence-corrected chi connectivity index (χ4v) is 4.15. The quantitative estimate of drug-likeness (QED) is 0.426. The molecule has 2 amide bonds. The van der Waals surface area contributed by atoms with Gasteiger partial charge in [-0.1, -0.05) is 12.1 Å². The number of esters is 1. The number of methoxy groups -OCH3 is 1. The van der Waals surface area contributed by atoms with E-state index in [1.54, 1.807) is 12.1 Å². The van der Waals surface area contributed by atoms with Crippen LogP contribution in [0.25, 0.3) is 11.8 Å². The van der Waals surface area contributed by atoms with Gasteiger partial charge in [0, 0.05) is 17.6 Å². The summed E-state index contributed by atoms with van der Waals surface area (Å²) in [5, 5.41) is -0.392. The van der Waals surface area contributed by atoms with Crippen molar-refractivity contribution in [2.75, 3.05) is 7.11 Å². The van der Waals surface area contributed by atoms with Crippen LogP contribution in [0, 0.1) is 13.8 Å². The lowest BCUT2D eigenvalue weighted by atomic mass is 10.1. The highest BCUT2D eigenvalue weighted by Crippen LogP contribution is 2.34. The molecular formula is C23H20N2O5S. The van der Waals surface area contributed by atoms with Gasteiger partial charge < -0.3 is 13.7 Å². The smallest absolute Gasteiger partial charge is 0.373 e. The number of amides is 2. The molecule has 1 aliphatic rings. The van der Waals surface area contributed by atoms with E-state index in [-0.39, 0.29) is 12.3 Å². The summed E-state index contributed by atoms with van der Waals surface area (Å²) in [5.74, 6) is -0.679. The number of hydrogen-bond donors (Lipinski definition) is 0. The van der Waals surface area contributed by atoms with Crippen molar-refractivity contribution in [2.24, 2.45) is 0 Å². The molecule has 0 atom stereocenters. The van der Waals surface area contributed by atoms with Gasteiger partial charge in [-0.2, -0.15) is 0 Å². The largest absolute Gasteiger partial charge is 0.463 e. The van der Waals surface area contributed by atoms with E-state index >= 15 is 0 Å². The van der Waals surface area contributed by atoms with Crippen molar-refractivity contribution < 1.29 is 23.5 Å². The highest BCUT2D eigenvalue weighted by Gasteiger charge is 2.36. The molecule has 7 nitrogen and oxygen atoms in total. The lowest BCUT2D eigenvalue weighted by molar-refractivity contribution is -0.123. The summed E-state index contributed by atoms with van der Waals surface area (Å²) in [5.41, 5.74) is 4.12. The van der Waals surface area contributed by atoms with Crippen LogP contribution < -0.4 is 0 Å². The molecule has 0 unspecified atom stereocenters. The SMILES string of the molecule is COC(=O)c1ccc(CN2C(=O)S/C(=C/c3cccn3-c3cccc(C)c3C)C2=O)o1. The minimum atomic E-state index is -0.618. The molecule has 0 radical (unpaired) electrons. The van der Waals surface area contributed by atoms with Gasteiger partial charge >= 0.3 is 5.97 Å². The second-order valence-corrected chi connectivity index (χ2v) is 8.04. The molecular weight excluding hydrogens is 416 g/mol. The Labute approximate surface area is 183 Å². The normalized spacial score (nSPS) is 15.2. The Bertz CT molecular complexity index is 1220. The van der Waals surface area contributed by atoms with Crippen LogP contribution in [0.5, 0.6) is 0 Å². The molecule has 31 heavy (non-hydrogen) atoms. The van der Waals surface area contributed by atoms with Gasteiger partial charge in [-0.15, -0.1) is 0 Å². The fourth-order valence-electron chi connectivity index (χ4n) is 3.33. The molecule has 1 saturated heterocycles. The van der Waals surface area contributed by atoms with Gasteiger partial charge in [-0.05, 0) is 73.1 Å². The molecule has 8 heteroatoms. The van der Waals surface area contributed by atoms with Gasteiger partial charge in [0.25, 0.3) is 11.1 Å². The van der Waals surface area contributed by atoms with Gasteiger partial charge in [-0.3, -0.25) is 14.5 Å². The maximum absolute atomic E-state index is 12.9. The lowest BCUT2D eigenvalue weighted by Crippen LogP contribution is -2.27. The summed E-state index contributed by atoms with van der Waals surface area (Å²) in [4.78, 5) is 38.3. The topological polar surface area (TPSA) is 81.8 Å². The molecule has 0 bridgehead atoms. The van der Waals surface area contributed by atoms with Crippen LogP contribution in [0.4, 0.5) is 4.79 Å². The molecule has 1 aliphatic heterocycles. The zero-order valence-corrected chi connectivity index (χ0v) is 18.1. The molecule has 158 valence electrons. The van der Waals surface area contributed by atoms with E-state index in [0.717, 1.165) is 33.6 Å². The first-order valence-electron chi connectivity index (χ1n) is 9.55. The molecule has 2 aromatic heterocycles. The van der Waals surface area contributed by atoms with Crippen molar-refractivity contribution in [3.8, 4) is 5.69 Å². The zero-order valence-electron chi connectivity index (χ0n) is 17.2. The van der Waals surface area contributed by atoms with Crippen molar-refractivity contribution in [1.29, 1.82) is 0 Å². The van der Waals surface area contributed by atoms with E-state index in [9.17, 15) is 14.4 Å². The van der Waals surface area contributed by atoms with Gasteiger partial charge in [-0.25, -0.2) is 4.79 Å². The molecule has 0 aliphatic carbocycles. The van der Waals surface area contributed by atoms with E-state index < -0.39 is 17.1 Å². The van der Waals surface area contributed by atoms with Crippen molar-refractivity contribution in [3.63, 3.8) is 0 Å². The summed E-state index contributed by atoms with van der Waals surface area (Å²) in [6, 6.07) is 12.8. The Morgan fingerprint density at radius 3 is 2.71 bits per heavy atom. The Morgan fingerprint density at radius 1 is 1.13 bits per heavy atom. The van der Waals surface area contributed by atoms with E-state index in [1.807, 2.05) is 54.9 Å². The third-order valence-corrected chi connectivity index (χ3v) is 6.04. The van der Waals surface area contributed by atoms with Gasteiger partial charge in [0.15, 0.2) is 0 Å². The van der Waals surface area contributed by atoms with Gasteiger partial charge in [0.1, 0.15) is 5.76 Å². The number of aryl methyl sites for hydroxylation is 1. The van der Waals surface area contributed by atoms with E-state index in [1.165, 1.54) is 18.7 Å². The first-order chi connectivity index (χ1) is 14.9. The third kappa shape index (κ3) is 3.94.